The third kappa shape index (κ3) is 6.49. The van der Waals surface area contributed by atoms with Crippen LogP contribution < -0.4 is 4.72 Å². The summed E-state index contributed by atoms with van der Waals surface area (Å²) in [6, 6.07) is 13.2. The number of ether oxygens (including phenoxy) is 1. The predicted octanol–water partition coefficient (Wildman–Crippen LogP) is 4.81. The van der Waals surface area contributed by atoms with Crippen LogP contribution in [-0.2, 0) is 15.7 Å². The molecule has 1 fully saturated rings. The summed E-state index contributed by atoms with van der Waals surface area (Å²) in [6.45, 7) is 13.8. The van der Waals surface area contributed by atoms with Gasteiger partial charge in [-0.15, -0.1) is 0 Å². The Hall–Kier alpha value is -2.81. The maximum Gasteiger partial charge on any atom is 0.254 e. The van der Waals surface area contributed by atoms with E-state index in [4.69, 9.17) is 4.74 Å². The number of methoxy groups -OCH3 is 1. The summed E-state index contributed by atoms with van der Waals surface area (Å²) in [7, 11) is 0.186. The number of carbonyl (C=O) groups is 1. The van der Waals surface area contributed by atoms with Crippen molar-refractivity contribution in [3.63, 3.8) is 0 Å². The minimum Gasteiger partial charge on any atom is -0.380 e. The highest BCUT2D eigenvalue weighted by molar-refractivity contribution is 7.86. The molecular weight excluding hydrogens is 472 g/mol. The van der Waals surface area contributed by atoms with Crippen molar-refractivity contribution in [2.45, 2.75) is 45.6 Å². The molecule has 36 heavy (non-hydrogen) atoms. The van der Waals surface area contributed by atoms with Gasteiger partial charge in [-0.2, -0.15) is 0 Å². The number of piperazine rings is 1. The first-order valence-electron chi connectivity index (χ1n) is 12.5. The second-order valence-corrected chi connectivity index (χ2v) is 10.0. The SMILES string of the molecule is CC.COC(C)CN1CCN(C(=O)c2cc(S(=O)Nc3ccc(C)c4cccnc34)ccc2C)CC1. The quantitative estimate of drug-likeness (QED) is 0.494. The van der Waals surface area contributed by atoms with Crippen LogP contribution in [0.2, 0.25) is 0 Å². The van der Waals surface area contributed by atoms with Crippen LogP contribution in [0, 0.1) is 13.8 Å². The number of benzene rings is 2. The number of hydrogen-bond donors (Lipinski definition) is 1. The van der Waals surface area contributed by atoms with Crippen LogP contribution in [-0.4, -0.2) is 70.8 Å². The number of nitrogens with one attached hydrogen (secondary N) is 1. The van der Waals surface area contributed by atoms with Crippen molar-refractivity contribution in [2.24, 2.45) is 0 Å². The average Bonchev–Trinajstić information content (AvgIpc) is 2.91. The summed E-state index contributed by atoms with van der Waals surface area (Å²) >= 11 is 0. The van der Waals surface area contributed by atoms with Gasteiger partial charge in [-0.3, -0.25) is 19.4 Å². The molecule has 4 rings (SSSR count). The molecule has 1 amide bonds. The zero-order valence-electron chi connectivity index (χ0n) is 22.2. The Morgan fingerprint density at radius 2 is 1.78 bits per heavy atom. The molecule has 194 valence electrons. The first kappa shape index (κ1) is 27.8. The van der Waals surface area contributed by atoms with Gasteiger partial charge < -0.3 is 9.64 Å². The van der Waals surface area contributed by atoms with Gasteiger partial charge in [0.15, 0.2) is 0 Å². The van der Waals surface area contributed by atoms with Gasteiger partial charge in [0.1, 0.15) is 11.0 Å². The zero-order valence-corrected chi connectivity index (χ0v) is 23.0. The first-order chi connectivity index (χ1) is 17.4. The van der Waals surface area contributed by atoms with Crippen molar-refractivity contribution in [1.29, 1.82) is 0 Å². The Bertz CT molecular complexity index is 1210. The lowest BCUT2D eigenvalue weighted by Crippen LogP contribution is -2.50. The number of rotatable bonds is 7. The largest absolute Gasteiger partial charge is 0.380 e. The molecule has 2 unspecified atom stereocenters. The predicted molar refractivity (Wildman–Crippen MR) is 148 cm³/mol. The molecule has 0 bridgehead atoms. The van der Waals surface area contributed by atoms with Crippen LogP contribution in [0.25, 0.3) is 10.9 Å². The topological polar surface area (TPSA) is 74.8 Å². The molecule has 1 aromatic heterocycles. The lowest BCUT2D eigenvalue weighted by atomic mass is 10.1. The molecule has 0 saturated carbocycles. The van der Waals surface area contributed by atoms with Gasteiger partial charge in [-0.05, 0) is 56.2 Å². The number of pyridine rings is 1. The standard InChI is InChI=1S/C26H32N4O3S.C2H6/c1-18-8-10-24(25-22(18)6-5-11-27-25)28-34(32)21-9-7-19(2)23(16-21)26(31)30-14-12-29(13-15-30)17-20(3)33-4;1-2/h5-11,16,20,28H,12-15,17H2,1-4H3;1-2H3. The van der Waals surface area contributed by atoms with Gasteiger partial charge in [0.25, 0.3) is 5.91 Å². The maximum absolute atomic E-state index is 13.3. The van der Waals surface area contributed by atoms with Crippen LogP contribution >= 0.6 is 0 Å². The molecule has 0 radical (unpaired) electrons. The van der Waals surface area contributed by atoms with E-state index < -0.39 is 11.0 Å². The fraction of sp³-hybridized carbons (Fsp3) is 0.429. The molecule has 8 heteroatoms. The van der Waals surface area contributed by atoms with E-state index in [1.165, 1.54) is 0 Å². The van der Waals surface area contributed by atoms with Crippen molar-refractivity contribution in [1.82, 2.24) is 14.8 Å². The van der Waals surface area contributed by atoms with Crippen molar-refractivity contribution in [3.05, 3.63) is 65.4 Å². The summed E-state index contributed by atoms with van der Waals surface area (Å²) in [6.07, 6.45) is 1.90. The molecule has 0 spiro atoms. The van der Waals surface area contributed by atoms with E-state index in [2.05, 4.69) is 21.5 Å². The van der Waals surface area contributed by atoms with Gasteiger partial charge in [-0.1, -0.05) is 32.0 Å². The van der Waals surface area contributed by atoms with Crippen LogP contribution in [0.1, 0.15) is 42.3 Å². The molecular formula is C28H38N4O3S. The number of aryl methyl sites for hydroxylation is 2. The summed E-state index contributed by atoms with van der Waals surface area (Å²) in [5, 5.41) is 1.02. The number of hydrogen-bond acceptors (Lipinski definition) is 5. The molecule has 2 atom stereocenters. The van der Waals surface area contributed by atoms with E-state index in [1.807, 2.05) is 69.0 Å². The van der Waals surface area contributed by atoms with Gasteiger partial charge in [0, 0.05) is 57.0 Å². The van der Waals surface area contributed by atoms with Crippen LogP contribution in [0.3, 0.4) is 0 Å². The number of aromatic nitrogens is 1. The second-order valence-electron chi connectivity index (χ2n) is 8.82. The molecule has 1 aliphatic rings. The third-order valence-electron chi connectivity index (χ3n) is 6.42. The Balaban J connectivity index is 0.00000176. The van der Waals surface area contributed by atoms with E-state index in [1.54, 1.807) is 19.4 Å². The van der Waals surface area contributed by atoms with Crippen LogP contribution in [0.5, 0.6) is 0 Å². The summed E-state index contributed by atoms with van der Waals surface area (Å²) in [5.74, 6) is -0.0155. The van der Waals surface area contributed by atoms with Gasteiger partial charge >= 0.3 is 0 Å². The molecule has 2 heterocycles. The molecule has 2 aromatic carbocycles. The fourth-order valence-corrected chi connectivity index (χ4v) is 5.14. The van der Waals surface area contributed by atoms with E-state index in [0.29, 0.717) is 29.2 Å². The summed E-state index contributed by atoms with van der Waals surface area (Å²) in [4.78, 5) is 22.5. The number of fused-ring (bicyclic) bond motifs is 1. The maximum atomic E-state index is 13.3. The van der Waals surface area contributed by atoms with Crippen LogP contribution in [0.4, 0.5) is 5.69 Å². The molecule has 0 aliphatic carbocycles. The summed E-state index contributed by atoms with van der Waals surface area (Å²) < 4.78 is 21.7. The van der Waals surface area contributed by atoms with Crippen molar-refractivity contribution < 1.29 is 13.7 Å². The molecule has 1 aliphatic heterocycles. The Labute approximate surface area is 217 Å². The van der Waals surface area contributed by atoms with Crippen LogP contribution in [0.15, 0.2) is 53.6 Å². The number of carbonyl (C=O) groups excluding carboxylic acids is 1. The highest BCUT2D eigenvalue weighted by Crippen LogP contribution is 2.26. The van der Waals surface area contributed by atoms with E-state index in [9.17, 15) is 9.00 Å². The Kier molecular flexibility index (Phi) is 9.98. The first-order valence-corrected chi connectivity index (χ1v) is 13.7. The molecule has 1 saturated heterocycles. The van der Waals surface area contributed by atoms with E-state index >= 15 is 0 Å². The highest BCUT2D eigenvalue weighted by atomic mass is 32.2. The lowest BCUT2D eigenvalue weighted by Gasteiger charge is -2.36. The Morgan fingerprint density at radius 1 is 1.08 bits per heavy atom. The normalized spacial score (nSPS) is 15.7. The van der Waals surface area contributed by atoms with Crippen molar-refractivity contribution in [2.75, 3.05) is 44.6 Å². The number of anilines is 1. The molecule has 7 nitrogen and oxygen atoms in total. The Morgan fingerprint density at radius 3 is 2.47 bits per heavy atom. The third-order valence-corrected chi connectivity index (χ3v) is 7.51. The van der Waals surface area contributed by atoms with E-state index in [0.717, 1.165) is 41.7 Å². The van der Waals surface area contributed by atoms with Gasteiger partial charge in [0.2, 0.25) is 0 Å². The number of nitrogens with zero attached hydrogens (tertiary/aromatic N) is 3. The average molecular weight is 511 g/mol. The van der Waals surface area contributed by atoms with Gasteiger partial charge in [-0.25, -0.2) is 4.21 Å². The zero-order chi connectivity index (χ0) is 26.2. The molecule has 3 aromatic rings. The van der Waals surface area contributed by atoms with E-state index in [-0.39, 0.29) is 12.0 Å². The highest BCUT2D eigenvalue weighted by Gasteiger charge is 2.24. The second kappa shape index (κ2) is 12.9. The van der Waals surface area contributed by atoms with Gasteiger partial charge in [0.05, 0.1) is 22.2 Å². The van der Waals surface area contributed by atoms with Crippen molar-refractivity contribution >= 4 is 33.5 Å². The minimum absolute atomic E-state index is 0.0155. The minimum atomic E-state index is -1.53. The fourth-order valence-electron chi connectivity index (χ4n) is 4.25. The number of amides is 1. The molecule has 1 N–H and O–H groups in total. The van der Waals surface area contributed by atoms with Crippen molar-refractivity contribution in [3.8, 4) is 0 Å². The monoisotopic (exact) mass is 510 g/mol. The summed E-state index contributed by atoms with van der Waals surface area (Å²) in [5.41, 5.74) is 4.07. The lowest BCUT2D eigenvalue weighted by molar-refractivity contribution is 0.0443. The smallest absolute Gasteiger partial charge is 0.254 e.